The average molecular weight is 444 g/mol. The highest BCUT2D eigenvalue weighted by atomic mass is 127. The Hall–Kier alpha value is -0.240. The van der Waals surface area contributed by atoms with E-state index in [0.717, 1.165) is 8.04 Å². The molecule has 19 heavy (non-hydrogen) atoms. The average Bonchev–Trinajstić information content (AvgIpc) is 2.31. The van der Waals surface area contributed by atoms with Gasteiger partial charge in [-0.1, -0.05) is 0 Å². The summed E-state index contributed by atoms with van der Waals surface area (Å²) in [6, 6.07) is 5.49. The molecule has 0 bridgehead atoms. The van der Waals surface area contributed by atoms with Crippen molar-refractivity contribution in [2.75, 3.05) is 5.32 Å². The highest BCUT2D eigenvalue weighted by molar-refractivity contribution is 14.1. The molecule has 1 aromatic carbocycles. The molecule has 0 aliphatic heterocycles. The molecule has 2 rings (SSSR count). The first-order valence-corrected chi connectivity index (χ1v) is 7.88. The van der Waals surface area contributed by atoms with Gasteiger partial charge >= 0.3 is 0 Å². The van der Waals surface area contributed by atoms with Crippen LogP contribution in [0.4, 0.5) is 14.5 Å². The molecule has 1 aromatic rings. The highest BCUT2D eigenvalue weighted by Gasteiger charge is 2.39. The van der Waals surface area contributed by atoms with Crippen molar-refractivity contribution in [3.05, 3.63) is 26.2 Å². The fourth-order valence-corrected chi connectivity index (χ4v) is 3.62. The lowest BCUT2D eigenvalue weighted by atomic mass is 9.86. The summed E-state index contributed by atoms with van der Waals surface area (Å²) in [6.07, 6.45) is 0.479. The van der Waals surface area contributed by atoms with Gasteiger partial charge in [0.05, 0.1) is 5.69 Å². The number of rotatable bonds is 2. The summed E-state index contributed by atoms with van der Waals surface area (Å²) in [5.41, 5.74) is 0.624. The summed E-state index contributed by atoms with van der Waals surface area (Å²) in [6.45, 7) is 0. The van der Waals surface area contributed by atoms with Crippen molar-refractivity contribution in [2.24, 2.45) is 5.92 Å². The summed E-state index contributed by atoms with van der Waals surface area (Å²) < 4.78 is 28.4. The van der Waals surface area contributed by atoms with E-state index in [9.17, 15) is 13.6 Å². The highest BCUT2D eigenvalue weighted by Crippen LogP contribution is 2.37. The maximum Gasteiger partial charge on any atom is 0.248 e. The molecular formula is C13H13BrF2INO. The summed E-state index contributed by atoms with van der Waals surface area (Å²) in [4.78, 5) is 12.0. The molecule has 1 aliphatic carbocycles. The van der Waals surface area contributed by atoms with Gasteiger partial charge in [0.25, 0.3) is 0 Å². The SMILES string of the molecule is O=C(Nc1ccc(I)cc1Br)C1CCCC(F)(F)C1. The van der Waals surface area contributed by atoms with Gasteiger partial charge in [-0.2, -0.15) is 0 Å². The number of hydrogen-bond donors (Lipinski definition) is 1. The van der Waals surface area contributed by atoms with E-state index in [0.29, 0.717) is 18.5 Å². The van der Waals surface area contributed by atoms with Crippen LogP contribution in [0.3, 0.4) is 0 Å². The number of hydrogen-bond acceptors (Lipinski definition) is 1. The van der Waals surface area contributed by atoms with E-state index in [-0.39, 0.29) is 18.7 Å². The summed E-state index contributed by atoms with van der Waals surface area (Å²) in [5, 5.41) is 2.72. The second kappa shape index (κ2) is 6.03. The Bertz CT molecular complexity index is 496. The van der Waals surface area contributed by atoms with Gasteiger partial charge < -0.3 is 5.32 Å². The molecule has 0 saturated heterocycles. The van der Waals surface area contributed by atoms with Crippen molar-refractivity contribution in [1.82, 2.24) is 0 Å². The molecule has 0 radical (unpaired) electrons. The first-order chi connectivity index (χ1) is 8.87. The number of benzene rings is 1. The van der Waals surface area contributed by atoms with Gasteiger partial charge in [-0.15, -0.1) is 0 Å². The number of alkyl halides is 2. The van der Waals surface area contributed by atoms with E-state index in [1.54, 1.807) is 6.07 Å². The standard InChI is InChI=1S/C13H13BrF2INO/c14-10-6-9(17)3-4-11(10)18-12(19)8-2-1-5-13(15,16)7-8/h3-4,6,8H,1-2,5,7H2,(H,18,19). The van der Waals surface area contributed by atoms with Gasteiger partial charge in [-0.25, -0.2) is 8.78 Å². The van der Waals surface area contributed by atoms with Crippen LogP contribution in [0.15, 0.2) is 22.7 Å². The first-order valence-electron chi connectivity index (χ1n) is 6.01. The van der Waals surface area contributed by atoms with Crippen LogP contribution >= 0.6 is 38.5 Å². The molecule has 104 valence electrons. The van der Waals surface area contributed by atoms with Crippen molar-refractivity contribution in [2.45, 2.75) is 31.6 Å². The molecule has 1 amide bonds. The third kappa shape index (κ3) is 4.11. The minimum absolute atomic E-state index is 0.107. The predicted octanol–water partition coefficient (Wildman–Crippen LogP) is 4.82. The van der Waals surface area contributed by atoms with Crippen LogP contribution in [0.25, 0.3) is 0 Å². The van der Waals surface area contributed by atoms with E-state index < -0.39 is 11.8 Å². The van der Waals surface area contributed by atoms with Crippen molar-refractivity contribution < 1.29 is 13.6 Å². The van der Waals surface area contributed by atoms with E-state index >= 15 is 0 Å². The molecule has 1 atom stereocenters. The van der Waals surface area contributed by atoms with Crippen LogP contribution in [0.1, 0.15) is 25.7 Å². The third-order valence-corrected chi connectivity index (χ3v) is 4.53. The minimum atomic E-state index is -2.70. The second-order valence-electron chi connectivity index (χ2n) is 4.76. The molecule has 0 heterocycles. The fourth-order valence-electron chi connectivity index (χ4n) is 2.22. The maximum absolute atomic E-state index is 13.3. The molecule has 2 nitrogen and oxygen atoms in total. The number of carbonyl (C=O) groups excluding carboxylic acids is 1. The third-order valence-electron chi connectivity index (χ3n) is 3.20. The molecular weight excluding hydrogens is 431 g/mol. The Balaban J connectivity index is 2.04. The zero-order chi connectivity index (χ0) is 14.0. The van der Waals surface area contributed by atoms with Gasteiger partial charge in [-0.05, 0) is 69.6 Å². The van der Waals surface area contributed by atoms with Gasteiger partial charge in [0.15, 0.2) is 0 Å². The Morgan fingerprint density at radius 1 is 1.47 bits per heavy atom. The second-order valence-corrected chi connectivity index (χ2v) is 6.86. The normalized spacial score (nSPS) is 22.0. The number of nitrogens with one attached hydrogen (secondary N) is 1. The Kier molecular flexibility index (Phi) is 4.81. The van der Waals surface area contributed by atoms with Crippen molar-refractivity contribution in [3.8, 4) is 0 Å². The largest absolute Gasteiger partial charge is 0.325 e. The summed E-state index contributed by atoms with van der Waals surface area (Å²) in [7, 11) is 0. The Labute approximate surface area is 132 Å². The molecule has 1 N–H and O–H groups in total. The molecule has 1 fully saturated rings. The van der Waals surface area contributed by atoms with E-state index in [2.05, 4.69) is 43.8 Å². The number of amides is 1. The van der Waals surface area contributed by atoms with Crippen molar-refractivity contribution >= 4 is 50.1 Å². The number of anilines is 1. The summed E-state index contributed by atoms with van der Waals surface area (Å²) in [5.74, 6) is -3.62. The van der Waals surface area contributed by atoms with Gasteiger partial charge in [0, 0.05) is 26.8 Å². The zero-order valence-electron chi connectivity index (χ0n) is 10.1. The van der Waals surface area contributed by atoms with Gasteiger partial charge in [0.1, 0.15) is 0 Å². The van der Waals surface area contributed by atoms with Crippen LogP contribution in [0.5, 0.6) is 0 Å². The molecule has 6 heteroatoms. The van der Waals surface area contributed by atoms with Crippen molar-refractivity contribution in [3.63, 3.8) is 0 Å². The van der Waals surface area contributed by atoms with Crippen LogP contribution in [0, 0.1) is 9.49 Å². The summed E-state index contributed by atoms with van der Waals surface area (Å²) >= 11 is 5.52. The predicted molar refractivity (Wildman–Crippen MR) is 82.4 cm³/mol. The van der Waals surface area contributed by atoms with Crippen molar-refractivity contribution in [1.29, 1.82) is 0 Å². The molecule has 1 unspecified atom stereocenters. The Morgan fingerprint density at radius 2 is 2.21 bits per heavy atom. The van der Waals surface area contributed by atoms with Crippen LogP contribution in [0.2, 0.25) is 0 Å². The van der Waals surface area contributed by atoms with E-state index in [1.807, 2.05) is 12.1 Å². The smallest absolute Gasteiger partial charge is 0.248 e. The lowest BCUT2D eigenvalue weighted by Crippen LogP contribution is -2.33. The van der Waals surface area contributed by atoms with E-state index in [4.69, 9.17) is 0 Å². The lowest BCUT2D eigenvalue weighted by Gasteiger charge is -2.28. The van der Waals surface area contributed by atoms with Gasteiger partial charge in [0.2, 0.25) is 11.8 Å². The van der Waals surface area contributed by atoms with Gasteiger partial charge in [-0.3, -0.25) is 4.79 Å². The maximum atomic E-state index is 13.3. The van der Waals surface area contributed by atoms with Crippen LogP contribution in [-0.2, 0) is 4.79 Å². The zero-order valence-corrected chi connectivity index (χ0v) is 13.8. The number of halogens is 4. The molecule has 1 saturated carbocycles. The van der Waals surface area contributed by atoms with Crippen LogP contribution in [-0.4, -0.2) is 11.8 Å². The topological polar surface area (TPSA) is 29.1 Å². The molecule has 1 aliphatic rings. The number of carbonyl (C=O) groups is 1. The quantitative estimate of drug-likeness (QED) is 0.652. The molecule has 0 aromatic heterocycles. The fraction of sp³-hybridized carbons (Fsp3) is 0.462. The Morgan fingerprint density at radius 3 is 2.84 bits per heavy atom. The molecule has 0 spiro atoms. The monoisotopic (exact) mass is 443 g/mol. The lowest BCUT2D eigenvalue weighted by molar-refractivity contribution is -0.127. The van der Waals surface area contributed by atoms with E-state index in [1.165, 1.54) is 0 Å². The minimum Gasteiger partial charge on any atom is -0.325 e. The first kappa shape index (κ1) is 15.2. The van der Waals surface area contributed by atoms with Crippen LogP contribution < -0.4 is 5.32 Å².